The minimum Gasteiger partial charge on any atom is -0.452 e. The van der Waals surface area contributed by atoms with Gasteiger partial charge in [-0.15, -0.1) is 10.2 Å². The average molecular weight is 382 g/mol. The van der Waals surface area contributed by atoms with E-state index in [0.717, 1.165) is 43.2 Å². The van der Waals surface area contributed by atoms with Crippen LogP contribution < -0.4 is 0 Å². The van der Waals surface area contributed by atoms with Gasteiger partial charge in [0, 0.05) is 5.56 Å². The third kappa shape index (κ3) is 2.94. The van der Waals surface area contributed by atoms with Gasteiger partial charge in [0.25, 0.3) is 5.89 Å². The van der Waals surface area contributed by atoms with E-state index in [4.69, 9.17) is 9.15 Å². The summed E-state index contributed by atoms with van der Waals surface area (Å²) in [6.45, 7) is 3.78. The molecule has 1 aromatic heterocycles. The summed E-state index contributed by atoms with van der Waals surface area (Å²) in [5.41, 5.74) is 0.761. The number of esters is 1. The molecular weight excluding hydrogens is 356 g/mol. The monoisotopic (exact) mass is 382 g/mol. The van der Waals surface area contributed by atoms with Gasteiger partial charge in [0.15, 0.2) is 6.10 Å². The first-order chi connectivity index (χ1) is 13.3. The molecule has 148 valence electrons. The van der Waals surface area contributed by atoms with Crippen LogP contribution in [-0.2, 0) is 9.53 Å². The number of benzene rings is 1. The van der Waals surface area contributed by atoms with Gasteiger partial charge in [0.05, 0.1) is 11.0 Å². The summed E-state index contributed by atoms with van der Waals surface area (Å²) >= 11 is 0. The first kappa shape index (κ1) is 17.9. The van der Waals surface area contributed by atoms with Gasteiger partial charge in [-0.3, -0.25) is 4.79 Å². The van der Waals surface area contributed by atoms with Gasteiger partial charge < -0.3 is 14.3 Å². The van der Waals surface area contributed by atoms with Crippen LogP contribution in [0.15, 0.2) is 28.7 Å². The largest absolute Gasteiger partial charge is 0.452 e. The van der Waals surface area contributed by atoms with E-state index in [9.17, 15) is 9.90 Å². The summed E-state index contributed by atoms with van der Waals surface area (Å²) in [5, 5.41) is 19.1. The average Bonchev–Trinajstić information content (AvgIpc) is 3.10. The Hall–Kier alpha value is -2.21. The molecule has 4 saturated carbocycles. The predicted octanol–water partition coefficient (Wildman–Crippen LogP) is 3.98. The van der Waals surface area contributed by atoms with Crippen LogP contribution in [-0.4, -0.2) is 26.9 Å². The van der Waals surface area contributed by atoms with Crippen molar-refractivity contribution in [3.8, 4) is 11.5 Å². The summed E-state index contributed by atoms with van der Waals surface area (Å²) in [6.07, 6.45) is 4.37. The lowest BCUT2D eigenvalue weighted by Gasteiger charge is -2.58. The molecule has 6 heteroatoms. The van der Waals surface area contributed by atoms with Crippen LogP contribution in [0.2, 0.25) is 0 Å². The Morgan fingerprint density at radius 1 is 1.18 bits per heavy atom. The van der Waals surface area contributed by atoms with Gasteiger partial charge in [-0.25, -0.2) is 0 Å². The van der Waals surface area contributed by atoms with Crippen molar-refractivity contribution in [1.29, 1.82) is 0 Å². The van der Waals surface area contributed by atoms with Crippen LogP contribution in [0, 0.1) is 24.2 Å². The number of hydrogen-bond donors (Lipinski definition) is 1. The maximum Gasteiger partial charge on any atom is 0.312 e. The molecular formula is C22H26N2O4. The first-order valence-electron chi connectivity index (χ1n) is 10.2. The number of hydrogen-bond acceptors (Lipinski definition) is 6. The van der Waals surface area contributed by atoms with E-state index in [1.807, 2.05) is 31.2 Å². The summed E-state index contributed by atoms with van der Waals surface area (Å²) in [4.78, 5) is 13.1. The van der Waals surface area contributed by atoms with E-state index in [1.165, 1.54) is 0 Å². The molecule has 4 bridgehead atoms. The number of ether oxygens (including phenoxy) is 1. The molecule has 5 atom stereocenters. The molecule has 0 radical (unpaired) electrons. The standard InChI is InChI=1S/C22H26N2O4/c1-13-3-5-17(6-4-13)19-24-23-18(28-19)14(2)27-20(25)21-8-15-7-16(9-21)11-22(26,10-15)12-21/h3-6,14-16,26H,7-12H2,1-2H3/t14-,15-,16+,21?,22?/m0/s1. The number of aryl methyl sites for hydroxylation is 1. The Balaban J connectivity index is 1.31. The molecule has 6 nitrogen and oxygen atoms in total. The molecule has 0 aliphatic heterocycles. The molecule has 1 heterocycles. The highest BCUT2D eigenvalue weighted by Crippen LogP contribution is 2.62. The highest BCUT2D eigenvalue weighted by molar-refractivity contribution is 5.78. The number of nitrogens with zero attached hydrogens (tertiary/aromatic N) is 2. The van der Waals surface area contributed by atoms with Crippen LogP contribution in [0.5, 0.6) is 0 Å². The van der Waals surface area contributed by atoms with Gasteiger partial charge in [0.1, 0.15) is 0 Å². The molecule has 0 saturated heterocycles. The smallest absolute Gasteiger partial charge is 0.312 e. The lowest BCUT2D eigenvalue weighted by atomic mass is 9.48. The fourth-order valence-electron chi connectivity index (χ4n) is 6.00. The van der Waals surface area contributed by atoms with Gasteiger partial charge in [-0.05, 0) is 76.3 Å². The third-order valence-corrected chi connectivity index (χ3v) is 6.83. The number of aromatic nitrogens is 2. The van der Waals surface area contributed by atoms with Gasteiger partial charge in [-0.1, -0.05) is 17.7 Å². The molecule has 2 unspecified atom stereocenters. The highest BCUT2D eigenvalue weighted by Gasteiger charge is 2.61. The second kappa shape index (κ2) is 6.14. The van der Waals surface area contributed by atoms with Crippen LogP contribution in [0.25, 0.3) is 11.5 Å². The van der Waals surface area contributed by atoms with Gasteiger partial charge in [-0.2, -0.15) is 0 Å². The van der Waals surface area contributed by atoms with Gasteiger partial charge in [0.2, 0.25) is 5.89 Å². The summed E-state index contributed by atoms with van der Waals surface area (Å²) < 4.78 is 11.6. The second-order valence-corrected chi connectivity index (χ2v) is 9.32. The number of carbonyl (C=O) groups is 1. The van der Waals surface area contributed by atoms with Crippen molar-refractivity contribution in [3.05, 3.63) is 35.7 Å². The topological polar surface area (TPSA) is 85.5 Å². The van der Waals surface area contributed by atoms with Crippen molar-refractivity contribution in [1.82, 2.24) is 10.2 Å². The first-order valence-corrected chi connectivity index (χ1v) is 10.2. The van der Waals surface area contributed by atoms with Crippen molar-refractivity contribution in [2.24, 2.45) is 17.3 Å². The van der Waals surface area contributed by atoms with Crippen molar-refractivity contribution >= 4 is 5.97 Å². The molecule has 2 aromatic rings. The zero-order chi connectivity index (χ0) is 19.5. The van der Waals surface area contributed by atoms with E-state index in [1.54, 1.807) is 6.92 Å². The molecule has 0 amide bonds. The summed E-state index contributed by atoms with van der Waals surface area (Å²) in [7, 11) is 0. The Bertz CT molecular complexity index is 890. The number of rotatable bonds is 4. The Labute approximate surface area is 164 Å². The van der Waals surface area contributed by atoms with Crippen molar-refractivity contribution < 1.29 is 19.1 Å². The van der Waals surface area contributed by atoms with E-state index in [2.05, 4.69) is 10.2 Å². The zero-order valence-electron chi connectivity index (χ0n) is 16.4. The normalized spacial score (nSPS) is 34.4. The van der Waals surface area contributed by atoms with Crippen molar-refractivity contribution in [2.75, 3.05) is 0 Å². The molecule has 1 aromatic carbocycles. The predicted molar refractivity (Wildman–Crippen MR) is 101 cm³/mol. The van der Waals surface area contributed by atoms with Crippen LogP contribution in [0.3, 0.4) is 0 Å². The quantitative estimate of drug-likeness (QED) is 0.805. The molecule has 4 aliphatic rings. The third-order valence-electron chi connectivity index (χ3n) is 6.83. The van der Waals surface area contributed by atoms with Crippen molar-refractivity contribution in [3.63, 3.8) is 0 Å². The second-order valence-electron chi connectivity index (χ2n) is 9.32. The maximum absolute atomic E-state index is 13.1. The Morgan fingerprint density at radius 2 is 1.86 bits per heavy atom. The summed E-state index contributed by atoms with van der Waals surface area (Å²) in [6, 6.07) is 7.83. The van der Waals surface area contributed by atoms with Crippen LogP contribution in [0.4, 0.5) is 0 Å². The Morgan fingerprint density at radius 3 is 2.50 bits per heavy atom. The lowest BCUT2D eigenvalue weighted by Crippen LogP contribution is -2.58. The highest BCUT2D eigenvalue weighted by atomic mass is 16.6. The van der Waals surface area contributed by atoms with E-state index < -0.39 is 17.1 Å². The molecule has 1 N–H and O–H groups in total. The van der Waals surface area contributed by atoms with Gasteiger partial charge >= 0.3 is 5.97 Å². The maximum atomic E-state index is 13.1. The molecule has 28 heavy (non-hydrogen) atoms. The number of carbonyl (C=O) groups excluding carboxylic acids is 1. The number of aliphatic hydroxyl groups is 1. The van der Waals surface area contributed by atoms with Crippen LogP contribution >= 0.6 is 0 Å². The molecule has 6 rings (SSSR count). The fourth-order valence-corrected chi connectivity index (χ4v) is 6.00. The molecule has 4 aliphatic carbocycles. The fraction of sp³-hybridized carbons (Fsp3) is 0.591. The van der Waals surface area contributed by atoms with E-state index >= 15 is 0 Å². The summed E-state index contributed by atoms with van der Waals surface area (Å²) in [5.74, 6) is 1.37. The SMILES string of the molecule is Cc1ccc(-c2nnc([C@H](C)OC(=O)C34C[C@@H]5C[C@@H](CC(O)(C5)C3)C4)o2)cc1. The minimum absolute atomic E-state index is 0.220. The molecule has 0 spiro atoms. The van der Waals surface area contributed by atoms with Crippen molar-refractivity contribution in [2.45, 2.75) is 64.1 Å². The van der Waals surface area contributed by atoms with Crippen LogP contribution in [0.1, 0.15) is 63.0 Å². The van der Waals surface area contributed by atoms with E-state index in [-0.39, 0.29) is 5.97 Å². The zero-order valence-corrected chi connectivity index (χ0v) is 16.4. The lowest BCUT2D eigenvalue weighted by molar-refractivity contribution is -0.200. The minimum atomic E-state index is -0.685. The Kier molecular flexibility index (Phi) is 3.92. The van der Waals surface area contributed by atoms with E-state index in [0.29, 0.717) is 30.0 Å². The molecule has 4 fully saturated rings.